The van der Waals surface area contributed by atoms with Crippen molar-refractivity contribution < 1.29 is 24.5 Å². The quantitative estimate of drug-likeness (QED) is 0.367. The molecule has 1 aromatic heterocycles. The lowest BCUT2D eigenvalue weighted by molar-refractivity contribution is -0.143. The molecule has 3 rings (SSSR count). The number of amides is 1. The second-order valence-electron chi connectivity index (χ2n) is 8.04. The van der Waals surface area contributed by atoms with E-state index in [9.17, 15) is 19.8 Å². The molecule has 0 radical (unpaired) electrons. The number of rotatable bonds is 10. The van der Waals surface area contributed by atoms with E-state index in [1.165, 1.54) is 0 Å². The van der Waals surface area contributed by atoms with Crippen molar-refractivity contribution in [1.29, 1.82) is 0 Å². The molecule has 8 heteroatoms. The lowest BCUT2D eigenvalue weighted by atomic mass is 10.0. The molecule has 0 aliphatic heterocycles. The van der Waals surface area contributed by atoms with Gasteiger partial charge in [0, 0.05) is 27.2 Å². The number of carboxylic acids is 1. The Kier molecular flexibility index (Phi) is 7.99. The third kappa shape index (κ3) is 6.14. The van der Waals surface area contributed by atoms with Gasteiger partial charge in [0.25, 0.3) is 0 Å². The molecule has 1 unspecified atom stereocenters. The number of hydrogen-bond acceptors (Lipinski definition) is 4. The van der Waals surface area contributed by atoms with Gasteiger partial charge in [-0.15, -0.1) is 11.3 Å². The fraction of sp³-hybridized carbons (Fsp3) is 0.333. The fourth-order valence-corrected chi connectivity index (χ4v) is 4.62. The Bertz CT molecular complexity index is 1080. The zero-order valence-electron chi connectivity index (χ0n) is 18.0. The maximum atomic E-state index is 11.6. The number of halogens is 1. The zero-order chi connectivity index (χ0) is 23.3. The average Bonchev–Trinajstić information content (AvgIpc) is 3.13. The first-order chi connectivity index (χ1) is 15.2. The van der Waals surface area contributed by atoms with Gasteiger partial charge in [0.1, 0.15) is 18.4 Å². The highest BCUT2D eigenvalue weighted by atomic mass is 35.5. The van der Waals surface area contributed by atoms with E-state index in [4.69, 9.17) is 16.3 Å². The zero-order valence-corrected chi connectivity index (χ0v) is 19.5. The summed E-state index contributed by atoms with van der Waals surface area (Å²) < 4.78 is 7.07. The Balaban J connectivity index is 1.60. The number of thiophene rings is 1. The fourth-order valence-electron chi connectivity index (χ4n) is 3.52. The smallest absolute Gasteiger partial charge is 0.408 e. The molecular formula is C24H26ClNO5S. The van der Waals surface area contributed by atoms with Crippen molar-refractivity contribution in [3.63, 3.8) is 0 Å². The van der Waals surface area contributed by atoms with E-state index in [1.807, 2.05) is 56.3 Å². The van der Waals surface area contributed by atoms with Crippen LogP contribution in [-0.4, -0.2) is 39.8 Å². The van der Waals surface area contributed by atoms with Crippen LogP contribution in [0.4, 0.5) is 4.79 Å². The van der Waals surface area contributed by atoms with Gasteiger partial charge in [-0.3, -0.25) is 4.90 Å². The summed E-state index contributed by atoms with van der Waals surface area (Å²) in [6, 6.07) is 12.2. The molecule has 2 aromatic carbocycles. The molecule has 2 N–H and O–H groups in total. The minimum absolute atomic E-state index is 0.0748. The van der Waals surface area contributed by atoms with Crippen molar-refractivity contribution in [3.8, 4) is 5.75 Å². The summed E-state index contributed by atoms with van der Waals surface area (Å²) in [6.07, 6.45) is -0.528. The standard InChI is InChI=1S/C24H26ClNO5S/c1-15(2)11-21(23(27)28)26(24(29)30)10-9-16-3-6-19(7-4-16)31-13-17-14-32-22-8-5-18(25)12-20(17)22/h3-8,12,14-15,21H,9-11,13H2,1-2H3,(H,27,28)(H,29,30). The summed E-state index contributed by atoms with van der Waals surface area (Å²) in [5.74, 6) is -0.341. The van der Waals surface area contributed by atoms with E-state index in [2.05, 4.69) is 5.38 Å². The van der Waals surface area contributed by atoms with Gasteiger partial charge in [-0.1, -0.05) is 37.6 Å². The highest BCUT2D eigenvalue weighted by Crippen LogP contribution is 2.29. The molecule has 0 bridgehead atoms. The SMILES string of the molecule is CC(C)CC(C(=O)O)N(CCc1ccc(OCc2csc3ccc(Cl)cc23)cc1)C(=O)O. The first kappa shape index (κ1) is 23.9. The van der Waals surface area contributed by atoms with Crippen LogP contribution < -0.4 is 4.74 Å². The van der Waals surface area contributed by atoms with Crippen molar-refractivity contribution >= 4 is 45.1 Å². The van der Waals surface area contributed by atoms with Gasteiger partial charge < -0.3 is 14.9 Å². The van der Waals surface area contributed by atoms with E-state index in [0.717, 1.165) is 26.1 Å². The van der Waals surface area contributed by atoms with E-state index < -0.39 is 18.1 Å². The third-order valence-electron chi connectivity index (χ3n) is 5.18. The normalized spacial score (nSPS) is 12.1. The van der Waals surface area contributed by atoms with Crippen molar-refractivity contribution in [1.82, 2.24) is 4.90 Å². The van der Waals surface area contributed by atoms with E-state index >= 15 is 0 Å². The molecule has 0 aliphatic carbocycles. The Labute approximate surface area is 196 Å². The molecule has 170 valence electrons. The minimum atomic E-state index is -1.22. The van der Waals surface area contributed by atoms with Gasteiger partial charge in [-0.05, 0) is 60.0 Å². The molecule has 1 heterocycles. The van der Waals surface area contributed by atoms with E-state index in [-0.39, 0.29) is 18.9 Å². The van der Waals surface area contributed by atoms with Gasteiger partial charge in [-0.25, -0.2) is 9.59 Å². The number of carbonyl (C=O) groups is 2. The van der Waals surface area contributed by atoms with E-state index in [1.54, 1.807) is 11.3 Å². The van der Waals surface area contributed by atoms with Crippen molar-refractivity contribution in [3.05, 3.63) is 64.0 Å². The number of fused-ring (bicyclic) bond motifs is 1. The summed E-state index contributed by atoms with van der Waals surface area (Å²) in [6.45, 7) is 4.28. The number of hydrogen-bond donors (Lipinski definition) is 2. The van der Waals surface area contributed by atoms with Gasteiger partial charge in [-0.2, -0.15) is 0 Å². The van der Waals surface area contributed by atoms with Crippen LogP contribution in [0.3, 0.4) is 0 Å². The largest absolute Gasteiger partial charge is 0.489 e. The molecule has 1 atom stereocenters. The number of ether oxygens (including phenoxy) is 1. The van der Waals surface area contributed by atoms with Crippen LogP contribution in [0.5, 0.6) is 5.75 Å². The summed E-state index contributed by atoms with van der Waals surface area (Å²) in [5.41, 5.74) is 1.98. The van der Waals surface area contributed by atoms with Gasteiger partial charge >= 0.3 is 12.1 Å². The highest BCUT2D eigenvalue weighted by Gasteiger charge is 2.29. The van der Waals surface area contributed by atoms with Crippen LogP contribution in [0.2, 0.25) is 5.02 Å². The third-order valence-corrected chi connectivity index (χ3v) is 6.42. The van der Waals surface area contributed by atoms with Crippen molar-refractivity contribution in [2.45, 2.75) is 39.3 Å². The Morgan fingerprint density at radius 1 is 1.12 bits per heavy atom. The molecular weight excluding hydrogens is 450 g/mol. The molecule has 0 saturated heterocycles. The average molecular weight is 476 g/mol. The molecule has 0 spiro atoms. The predicted octanol–water partition coefficient (Wildman–Crippen LogP) is 6.16. The van der Waals surface area contributed by atoms with Gasteiger partial charge in [0.15, 0.2) is 0 Å². The number of nitrogens with zero attached hydrogens (tertiary/aromatic N) is 1. The second-order valence-corrected chi connectivity index (χ2v) is 9.39. The van der Waals surface area contributed by atoms with Crippen LogP contribution >= 0.6 is 22.9 Å². The highest BCUT2D eigenvalue weighted by molar-refractivity contribution is 7.17. The molecule has 6 nitrogen and oxygen atoms in total. The van der Waals surface area contributed by atoms with E-state index in [0.29, 0.717) is 23.8 Å². The van der Waals surface area contributed by atoms with Crippen molar-refractivity contribution in [2.75, 3.05) is 6.54 Å². The molecule has 0 saturated carbocycles. The lowest BCUT2D eigenvalue weighted by Crippen LogP contribution is -2.46. The van der Waals surface area contributed by atoms with Gasteiger partial charge in [0.05, 0.1) is 0 Å². The molecule has 0 fully saturated rings. The summed E-state index contributed by atoms with van der Waals surface area (Å²) in [5, 5.41) is 22.8. The summed E-state index contributed by atoms with van der Waals surface area (Å²) in [4.78, 5) is 24.2. The predicted molar refractivity (Wildman–Crippen MR) is 127 cm³/mol. The van der Waals surface area contributed by atoms with Crippen LogP contribution in [0.25, 0.3) is 10.1 Å². The number of aliphatic carboxylic acids is 1. The molecule has 0 aliphatic rings. The number of benzene rings is 2. The first-order valence-electron chi connectivity index (χ1n) is 10.3. The lowest BCUT2D eigenvalue weighted by Gasteiger charge is -2.27. The monoisotopic (exact) mass is 475 g/mol. The first-order valence-corrected chi connectivity index (χ1v) is 11.6. The van der Waals surface area contributed by atoms with Crippen LogP contribution in [0.1, 0.15) is 31.4 Å². The summed E-state index contributed by atoms with van der Waals surface area (Å²) in [7, 11) is 0. The second kappa shape index (κ2) is 10.7. The topological polar surface area (TPSA) is 87.1 Å². The van der Waals surface area contributed by atoms with Crippen LogP contribution in [0.15, 0.2) is 47.8 Å². The Hall–Kier alpha value is -2.77. The van der Waals surface area contributed by atoms with Crippen LogP contribution in [0, 0.1) is 5.92 Å². The minimum Gasteiger partial charge on any atom is -0.489 e. The molecule has 1 amide bonds. The Morgan fingerprint density at radius 3 is 2.47 bits per heavy atom. The molecule has 3 aromatic rings. The molecule has 32 heavy (non-hydrogen) atoms. The van der Waals surface area contributed by atoms with Gasteiger partial charge in [0.2, 0.25) is 0 Å². The maximum absolute atomic E-state index is 11.6. The summed E-state index contributed by atoms with van der Waals surface area (Å²) >= 11 is 7.75. The maximum Gasteiger partial charge on any atom is 0.408 e. The van der Waals surface area contributed by atoms with Crippen LogP contribution in [-0.2, 0) is 17.8 Å². The number of carboxylic acid groups (broad SMARTS) is 2. The van der Waals surface area contributed by atoms with Crippen molar-refractivity contribution in [2.24, 2.45) is 5.92 Å². The Morgan fingerprint density at radius 2 is 1.84 bits per heavy atom.